The minimum absolute atomic E-state index is 0.882. The summed E-state index contributed by atoms with van der Waals surface area (Å²) in [5.74, 6) is 2.72. The molecule has 0 bridgehead atoms. The van der Waals surface area contributed by atoms with Crippen LogP contribution in [0.3, 0.4) is 0 Å². The standard InChI is InChI=1S/C17H17N3.C8H18/c1-13-7-6-10-16(12-11-13)20-14(2)18-19-17(20)15-8-4-3-5-9-15;1-4-5-6-7-8(2)3/h3-9,11-12H,10H2,1-2H3;8H,4-7H2,1-3H3. The molecule has 3 nitrogen and oxygen atoms in total. The number of aromatic nitrogens is 3. The third kappa shape index (κ3) is 6.63. The summed E-state index contributed by atoms with van der Waals surface area (Å²) in [5.41, 5.74) is 3.54. The highest BCUT2D eigenvalue weighted by Crippen LogP contribution is 2.25. The van der Waals surface area contributed by atoms with E-state index in [4.69, 9.17) is 0 Å². The van der Waals surface area contributed by atoms with Crippen LogP contribution in [-0.4, -0.2) is 14.8 Å². The van der Waals surface area contributed by atoms with Crippen LogP contribution in [0.1, 0.15) is 65.6 Å². The van der Waals surface area contributed by atoms with Crippen molar-refractivity contribution in [1.29, 1.82) is 0 Å². The maximum Gasteiger partial charge on any atom is 0.168 e. The van der Waals surface area contributed by atoms with Gasteiger partial charge < -0.3 is 0 Å². The van der Waals surface area contributed by atoms with E-state index in [1.54, 1.807) is 0 Å². The molecule has 1 aromatic heterocycles. The van der Waals surface area contributed by atoms with E-state index >= 15 is 0 Å². The van der Waals surface area contributed by atoms with Gasteiger partial charge in [-0.3, -0.25) is 4.57 Å². The lowest BCUT2D eigenvalue weighted by molar-refractivity contribution is 0.534. The topological polar surface area (TPSA) is 30.7 Å². The smallest absolute Gasteiger partial charge is 0.168 e. The van der Waals surface area contributed by atoms with Crippen molar-refractivity contribution in [2.45, 2.75) is 66.7 Å². The molecule has 0 amide bonds. The summed E-state index contributed by atoms with van der Waals surface area (Å²) in [7, 11) is 0. The highest BCUT2D eigenvalue weighted by Gasteiger charge is 2.14. The molecule has 0 aliphatic heterocycles. The molecular weight excluding hydrogens is 342 g/mol. The van der Waals surface area contributed by atoms with E-state index < -0.39 is 0 Å². The molecule has 3 rings (SSSR count). The largest absolute Gasteiger partial charge is 0.283 e. The second-order valence-corrected chi connectivity index (χ2v) is 7.84. The van der Waals surface area contributed by atoms with Gasteiger partial charge in [0.15, 0.2) is 5.82 Å². The van der Waals surface area contributed by atoms with Gasteiger partial charge in [0.1, 0.15) is 5.82 Å². The molecule has 3 heteroatoms. The lowest BCUT2D eigenvalue weighted by Crippen LogP contribution is -2.01. The maximum atomic E-state index is 4.34. The van der Waals surface area contributed by atoms with Crippen LogP contribution in [0.25, 0.3) is 17.1 Å². The fraction of sp³-hybridized carbons (Fsp3) is 0.440. The first-order chi connectivity index (χ1) is 13.5. The Balaban J connectivity index is 0.000000300. The van der Waals surface area contributed by atoms with Crippen LogP contribution < -0.4 is 0 Å². The zero-order valence-corrected chi connectivity index (χ0v) is 18.2. The Morgan fingerprint density at radius 3 is 2.43 bits per heavy atom. The maximum absolute atomic E-state index is 4.34. The Hall–Kier alpha value is -2.42. The van der Waals surface area contributed by atoms with Crippen LogP contribution >= 0.6 is 0 Å². The number of hydrogen-bond acceptors (Lipinski definition) is 2. The first-order valence-corrected chi connectivity index (χ1v) is 10.5. The predicted octanol–water partition coefficient (Wildman–Crippen LogP) is 7.22. The zero-order chi connectivity index (χ0) is 20.4. The Kier molecular flexibility index (Phi) is 8.93. The Morgan fingerprint density at radius 1 is 1.00 bits per heavy atom. The van der Waals surface area contributed by atoms with Crippen molar-refractivity contribution >= 4 is 5.70 Å². The summed E-state index contributed by atoms with van der Waals surface area (Å²) in [6.07, 6.45) is 15.1. The second kappa shape index (κ2) is 11.4. The molecule has 1 heterocycles. The predicted molar refractivity (Wildman–Crippen MR) is 121 cm³/mol. The highest BCUT2D eigenvalue weighted by atomic mass is 15.3. The quantitative estimate of drug-likeness (QED) is 0.497. The first-order valence-electron chi connectivity index (χ1n) is 10.5. The molecule has 1 aliphatic rings. The minimum Gasteiger partial charge on any atom is -0.283 e. The van der Waals surface area contributed by atoms with Gasteiger partial charge in [-0.1, -0.05) is 101 Å². The van der Waals surface area contributed by atoms with Crippen LogP contribution in [-0.2, 0) is 0 Å². The van der Waals surface area contributed by atoms with E-state index in [0.29, 0.717) is 0 Å². The summed E-state index contributed by atoms with van der Waals surface area (Å²) >= 11 is 0. The summed E-state index contributed by atoms with van der Waals surface area (Å²) in [5, 5.41) is 8.58. The average Bonchev–Trinajstić information content (AvgIpc) is 2.94. The number of aryl methyl sites for hydroxylation is 1. The number of unbranched alkanes of at least 4 members (excludes halogenated alkanes) is 2. The summed E-state index contributed by atoms with van der Waals surface area (Å²) in [6.45, 7) is 10.9. The molecule has 1 aromatic carbocycles. The average molecular weight is 378 g/mol. The Morgan fingerprint density at radius 2 is 1.75 bits per heavy atom. The van der Waals surface area contributed by atoms with Gasteiger partial charge in [-0.05, 0) is 25.8 Å². The third-order valence-corrected chi connectivity index (χ3v) is 4.78. The molecule has 150 valence electrons. The molecule has 0 saturated carbocycles. The van der Waals surface area contributed by atoms with Gasteiger partial charge in [0.25, 0.3) is 0 Å². The molecule has 0 saturated heterocycles. The van der Waals surface area contributed by atoms with Crippen molar-refractivity contribution in [3.63, 3.8) is 0 Å². The fourth-order valence-corrected chi connectivity index (χ4v) is 3.17. The lowest BCUT2D eigenvalue weighted by Gasteiger charge is -2.11. The molecule has 28 heavy (non-hydrogen) atoms. The normalized spacial score (nSPS) is 13.5. The van der Waals surface area contributed by atoms with Crippen molar-refractivity contribution in [3.05, 3.63) is 66.0 Å². The number of hydrogen-bond donors (Lipinski definition) is 0. The zero-order valence-electron chi connectivity index (χ0n) is 18.2. The van der Waals surface area contributed by atoms with E-state index in [2.05, 4.69) is 78.9 Å². The van der Waals surface area contributed by atoms with Gasteiger partial charge in [-0.25, -0.2) is 0 Å². The number of allylic oxidation sites excluding steroid dienone is 6. The number of benzene rings is 1. The molecule has 2 aromatic rings. The van der Waals surface area contributed by atoms with E-state index in [-0.39, 0.29) is 0 Å². The van der Waals surface area contributed by atoms with Gasteiger partial charge in [0.05, 0.1) is 0 Å². The van der Waals surface area contributed by atoms with Crippen molar-refractivity contribution < 1.29 is 0 Å². The molecular formula is C25H35N3. The van der Waals surface area contributed by atoms with Crippen LogP contribution in [0.4, 0.5) is 0 Å². The number of rotatable bonds is 6. The highest BCUT2D eigenvalue weighted by molar-refractivity contribution is 5.64. The molecule has 0 radical (unpaired) electrons. The number of nitrogens with zero attached hydrogens (tertiary/aromatic N) is 3. The minimum atomic E-state index is 0.882. The SMILES string of the molecule is CC1=CC=C(n2c(C)nnc2-c2ccccc2)CC=C1.CCCCCC(C)C. The Bertz CT molecular complexity index is 808. The van der Waals surface area contributed by atoms with Crippen LogP contribution in [0.15, 0.2) is 60.2 Å². The molecule has 0 fully saturated rings. The van der Waals surface area contributed by atoms with Gasteiger partial charge in [0, 0.05) is 17.7 Å². The fourth-order valence-electron chi connectivity index (χ4n) is 3.17. The molecule has 0 atom stereocenters. The van der Waals surface area contributed by atoms with Gasteiger partial charge in [-0.2, -0.15) is 0 Å². The van der Waals surface area contributed by atoms with Gasteiger partial charge >= 0.3 is 0 Å². The van der Waals surface area contributed by atoms with Gasteiger partial charge in [-0.15, -0.1) is 10.2 Å². The molecule has 1 aliphatic carbocycles. The van der Waals surface area contributed by atoms with Crippen molar-refractivity contribution in [1.82, 2.24) is 14.8 Å². The third-order valence-electron chi connectivity index (χ3n) is 4.78. The van der Waals surface area contributed by atoms with Crippen LogP contribution in [0, 0.1) is 12.8 Å². The molecule has 0 N–H and O–H groups in total. The Labute approximate surface area is 170 Å². The van der Waals surface area contributed by atoms with Crippen LogP contribution in [0.2, 0.25) is 0 Å². The summed E-state index contributed by atoms with van der Waals surface area (Å²) in [6, 6.07) is 10.2. The van der Waals surface area contributed by atoms with E-state index in [1.807, 2.05) is 25.1 Å². The van der Waals surface area contributed by atoms with Crippen molar-refractivity contribution in [3.8, 4) is 11.4 Å². The lowest BCUT2D eigenvalue weighted by atomic mass is 10.1. The van der Waals surface area contributed by atoms with Crippen molar-refractivity contribution in [2.75, 3.05) is 0 Å². The summed E-state index contributed by atoms with van der Waals surface area (Å²) in [4.78, 5) is 0. The molecule has 0 unspecified atom stereocenters. The van der Waals surface area contributed by atoms with Crippen molar-refractivity contribution in [2.24, 2.45) is 5.92 Å². The van der Waals surface area contributed by atoms with E-state index in [9.17, 15) is 0 Å². The molecule has 0 spiro atoms. The second-order valence-electron chi connectivity index (χ2n) is 7.84. The van der Waals surface area contributed by atoms with E-state index in [0.717, 1.165) is 29.6 Å². The monoisotopic (exact) mass is 377 g/mol. The first kappa shape index (κ1) is 21.9. The van der Waals surface area contributed by atoms with Gasteiger partial charge in [0.2, 0.25) is 0 Å². The van der Waals surface area contributed by atoms with E-state index in [1.165, 1.54) is 37.0 Å². The summed E-state index contributed by atoms with van der Waals surface area (Å²) < 4.78 is 2.13. The van der Waals surface area contributed by atoms with Crippen LogP contribution in [0.5, 0.6) is 0 Å².